The van der Waals surface area contributed by atoms with Gasteiger partial charge in [0.2, 0.25) is 0 Å². The summed E-state index contributed by atoms with van der Waals surface area (Å²) in [5.41, 5.74) is 8.15. The van der Waals surface area contributed by atoms with Crippen LogP contribution < -0.4 is 10.6 Å². The van der Waals surface area contributed by atoms with E-state index in [9.17, 15) is 13.2 Å². The molecule has 1 unspecified atom stereocenters. The Morgan fingerprint density at radius 2 is 1.47 bits per heavy atom. The van der Waals surface area contributed by atoms with Gasteiger partial charge in [0.05, 0.1) is 56.9 Å². The second-order valence-corrected chi connectivity index (χ2v) is 11.5. The third-order valence-electron chi connectivity index (χ3n) is 5.92. The van der Waals surface area contributed by atoms with Gasteiger partial charge in [-0.1, -0.05) is 29.7 Å². The van der Waals surface area contributed by atoms with Gasteiger partial charge in [-0.15, -0.1) is 0 Å². The van der Waals surface area contributed by atoms with E-state index < -0.39 is 22.0 Å². The van der Waals surface area contributed by atoms with Crippen LogP contribution in [-0.4, -0.2) is 117 Å². The molecule has 0 heterocycles. The maximum atomic E-state index is 12.8. The van der Waals surface area contributed by atoms with E-state index in [0.29, 0.717) is 72.2 Å². The Hall–Kier alpha value is -2.49. The zero-order valence-corrected chi connectivity index (χ0v) is 25.9. The van der Waals surface area contributed by atoms with Gasteiger partial charge < -0.3 is 39.4 Å². The van der Waals surface area contributed by atoms with Crippen LogP contribution in [0.1, 0.15) is 38.5 Å². The number of azide groups is 1. The normalized spacial score (nSPS) is 12.0. The summed E-state index contributed by atoms with van der Waals surface area (Å²) in [4.78, 5) is 15.0. The van der Waals surface area contributed by atoms with E-state index in [-0.39, 0.29) is 23.8 Å². The van der Waals surface area contributed by atoms with Crippen LogP contribution in [0.2, 0.25) is 0 Å². The van der Waals surface area contributed by atoms with Gasteiger partial charge in [-0.25, -0.2) is 13.2 Å². The Morgan fingerprint density at radius 1 is 0.837 bits per heavy atom. The van der Waals surface area contributed by atoms with Crippen LogP contribution in [0.5, 0.6) is 0 Å². The standard InChI is InChI=1S/C28H49N5O9S/c29-33-32-15-18-39-20-22-41-24-23-40-21-19-38-17-8-13-30-12-6-2-3-9-26(42-28(35)31-14-7-16-34)25-43(36,37)27-10-4-1-5-11-27/h1,4-5,10-11,26,30,34H,2-3,6-9,12-25H2,(H,31,35). The van der Waals surface area contributed by atoms with Gasteiger partial charge in [-0.2, -0.15) is 0 Å². The summed E-state index contributed by atoms with van der Waals surface area (Å²) < 4.78 is 52.7. The number of nitrogens with zero attached hydrogens (tertiary/aromatic N) is 3. The van der Waals surface area contributed by atoms with Gasteiger partial charge in [0, 0.05) is 31.2 Å². The fourth-order valence-corrected chi connectivity index (χ4v) is 5.23. The van der Waals surface area contributed by atoms with E-state index in [0.717, 1.165) is 38.8 Å². The highest BCUT2D eigenvalue weighted by molar-refractivity contribution is 7.91. The third kappa shape index (κ3) is 22.7. The minimum absolute atomic E-state index is 0.0544. The molecule has 0 aliphatic rings. The van der Waals surface area contributed by atoms with Crippen LogP contribution in [0.4, 0.5) is 4.79 Å². The molecule has 1 aromatic carbocycles. The molecular formula is C28H49N5O9S. The largest absolute Gasteiger partial charge is 0.445 e. The molecule has 1 atom stereocenters. The van der Waals surface area contributed by atoms with Crippen molar-refractivity contribution >= 4 is 15.9 Å². The molecule has 0 aliphatic carbocycles. The van der Waals surface area contributed by atoms with Crippen LogP contribution in [0.25, 0.3) is 10.4 Å². The van der Waals surface area contributed by atoms with E-state index in [1.54, 1.807) is 18.2 Å². The summed E-state index contributed by atoms with van der Waals surface area (Å²) in [5.74, 6) is -0.279. The highest BCUT2D eigenvalue weighted by Crippen LogP contribution is 2.16. The van der Waals surface area contributed by atoms with Crippen molar-refractivity contribution in [3.05, 3.63) is 40.8 Å². The molecule has 3 N–H and O–H groups in total. The SMILES string of the molecule is [N-]=[N+]=NCCOCCOCCOCCOCCCNCCCCCC(CS(=O)(=O)c1ccccc1)OC(=O)NCCCO. The minimum atomic E-state index is -3.60. The first-order valence-corrected chi connectivity index (χ1v) is 16.5. The number of sulfone groups is 1. The summed E-state index contributed by atoms with van der Waals surface area (Å²) >= 11 is 0. The number of ether oxygens (including phenoxy) is 5. The molecule has 246 valence electrons. The second-order valence-electron chi connectivity index (χ2n) is 9.48. The highest BCUT2D eigenvalue weighted by atomic mass is 32.2. The average Bonchev–Trinajstić information content (AvgIpc) is 3.00. The van der Waals surface area contributed by atoms with Crippen LogP contribution in [0, 0.1) is 0 Å². The van der Waals surface area contributed by atoms with Crippen molar-refractivity contribution in [3.8, 4) is 0 Å². The van der Waals surface area contributed by atoms with Crippen molar-refractivity contribution < 1.29 is 42.0 Å². The van der Waals surface area contributed by atoms with E-state index in [1.165, 1.54) is 12.1 Å². The second kappa shape index (κ2) is 27.1. The summed E-state index contributed by atoms with van der Waals surface area (Å²) in [6.45, 7) is 6.09. The Morgan fingerprint density at radius 3 is 2.12 bits per heavy atom. The van der Waals surface area contributed by atoms with Crippen molar-refractivity contribution in [2.75, 3.05) is 91.4 Å². The van der Waals surface area contributed by atoms with Gasteiger partial charge in [0.25, 0.3) is 0 Å². The number of benzene rings is 1. The van der Waals surface area contributed by atoms with E-state index in [2.05, 4.69) is 20.7 Å². The van der Waals surface area contributed by atoms with Gasteiger partial charge in [-0.3, -0.25) is 0 Å². The molecular weight excluding hydrogens is 582 g/mol. The summed E-state index contributed by atoms with van der Waals surface area (Å²) in [6.07, 6.45) is 2.78. The number of aliphatic hydroxyl groups is 1. The van der Waals surface area contributed by atoms with Crippen molar-refractivity contribution in [1.82, 2.24) is 10.6 Å². The molecule has 0 saturated carbocycles. The molecule has 43 heavy (non-hydrogen) atoms. The first-order valence-electron chi connectivity index (χ1n) is 14.8. The molecule has 0 aliphatic heterocycles. The molecule has 1 rings (SSSR count). The van der Waals surface area contributed by atoms with Crippen LogP contribution >= 0.6 is 0 Å². The first-order chi connectivity index (χ1) is 21.0. The minimum Gasteiger partial charge on any atom is -0.445 e. The van der Waals surface area contributed by atoms with Crippen LogP contribution in [0.15, 0.2) is 40.3 Å². The highest BCUT2D eigenvalue weighted by Gasteiger charge is 2.24. The van der Waals surface area contributed by atoms with Gasteiger partial charge in [0.15, 0.2) is 9.84 Å². The number of unbranched alkanes of at least 4 members (excludes halogenated alkanes) is 2. The lowest BCUT2D eigenvalue weighted by Gasteiger charge is -2.18. The molecule has 0 aromatic heterocycles. The average molecular weight is 632 g/mol. The fourth-order valence-electron chi connectivity index (χ4n) is 3.74. The number of alkyl carbamates (subject to hydrolysis) is 1. The number of amides is 1. The van der Waals surface area contributed by atoms with Crippen molar-refractivity contribution in [2.45, 2.75) is 49.5 Å². The molecule has 1 aromatic rings. The van der Waals surface area contributed by atoms with Crippen LogP contribution in [-0.2, 0) is 33.5 Å². The monoisotopic (exact) mass is 631 g/mol. The lowest BCUT2D eigenvalue weighted by atomic mass is 10.1. The number of carbonyl (C=O) groups excluding carboxylic acids is 1. The lowest BCUT2D eigenvalue weighted by molar-refractivity contribution is -0.00116. The predicted molar refractivity (Wildman–Crippen MR) is 162 cm³/mol. The number of aliphatic hydroxyl groups excluding tert-OH is 1. The number of hydrogen-bond acceptors (Lipinski definition) is 11. The molecule has 0 saturated heterocycles. The number of nitrogens with one attached hydrogen (secondary N) is 2. The third-order valence-corrected chi connectivity index (χ3v) is 7.72. The predicted octanol–water partition coefficient (Wildman–Crippen LogP) is 2.85. The zero-order valence-electron chi connectivity index (χ0n) is 25.1. The molecule has 0 spiro atoms. The van der Waals surface area contributed by atoms with Crippen molar-refractivity contribution in [2.24, 2.45) is 5.11 Å². The van der Waals surface area contributed by atoms with E-state index in [1.807, 2.05) is 0 Å². The Bertz CT molecular complexity index is 967. The fraction of sp³-hybridized carbons (Fsp3) is 0.750. The quantitative estimate of drug-likeness (QED) is 0.0513. The first kappa shape index (κ1) is 38.5. The molecule has 15 heteroatoms. The van der Waals surface area contributed by atoms with Crippen LogP contribution in [0.3, 0.4) is 0 Å². The van der Waals surface area contributed by atoms with E-state index >= 15 is 0 Å². The summed E-state index contributed by atoms with van der Waals surface area (Å²) in [6, 6.07) is 8.15. The van der Waals surface area contributed by atoms with Crippen molar-refractivity contribution in [3.63, 3.8) is 0 Å². The maximum absolute atomic E-state index is 12.8. The smallest absolute Gasteiger partial charge is 0.407 e. The number of hydrogen-bond donors (Lipinski definition) is 3. The molecule has 1 amide bonds. The van der Waals surface area contributed by atoms with Gasteiger partial charge >= 0.3 is 6.09 Å². The molecule has 14 nitrogen and oxygen atoms in total. The number of rotatable bonds is 29. The lowest BCUT2D eigenvalue weighted by Crippen LogP contribution is -2.33. The topological polar surface area (TPSA) is 190 Å². The van der Waals surface area contributed by atoms with Gasteiger partial charge in [-0.05, 0) is 62.9 Å². The van der Waals surface area contributed by atoms with E-state index in [4.69, 9.17) is 34.3 Å². The number of carbonyl (C=O) groups is 1. The van der Waals surface area contributed by atoms with Crippen molar-refractivity contribution in [1.29, 1.82) is 0 Å². The maximum Gasteiger partial charge on any atom is 0.407 e. The Kier molecular flexibility index (Phi) is 24.3. The summed E-state index contributed by atoms with van der Waals surface area (Å²) in [7, 11) is -3.60. The Balaban J connectivity index is 2.06. The molecule has 0 fully saturated rings. The molecule has 0 radical (unpaired) electrons. The Labute approximate surface area is 255 Å². The summed E-state index contributed by atoms with van der Waals surface area (Å²) in [5, 5.41) is 18.2. The zero-order chi connectivity index (χ0) is 31.3. The van der Waals surface area contributed by atoms with Gasteiger partial charge in [0.1, 0.15) is 6.10 Å². The molecule has 0 bridgehead atoms.